The van der Waals surface area contributed by atoms with Crippen molar-refractivity contribution in [2.75, 3.05) is 19.8 Å². The van der Waals surface area contributed by atoms with Crippen LogP contribution < -0.4 is 24.4 Å². The molecule has 0 saturated heterocycles. The fourth-order valence-corrected chi connectivity index (χ4v) is 7.09. The molecule has 0 fully saturated rings. The summed E-state index contributed by atoms with van der Waals surface area (Å²) >= 11 is 1.26. The highest BCUT2D eigenvalue weighted by Gasteiger charge is 2.35. The van der Waals surface area contributed by atoms with Crippen LogP contribution in [-0.2, 0) is 20.9 Å². The van der Waals surface area contributed by atoms with Crippen molar-refractivity contribution in [3.63, 3.8) is 0 Å². The van der Waals surface area contributed by atoms with E-state index in [1.807, 2.05) is 91.9 Å². The SMILES string of the molecule is CCOC(=O)C1=C(c2ccccc2)N=c2s/c(=C\c3ccc(OCc4ccc(C(=O)OCC)cc4)c(OCC)c3)c(=O)n2[C@@H]1c1ccc(C(C)C)cc1. The summed E-state index contributed by atoms with van der Waals surface area (Å²) < 4.78 is 24.8. The van der Waals surface area contributed by atoms with E-state index >= 15 is 0 Å². The zero-order chi connectivity index (χ0) is 37.5. The predicted molar refractivity (Wildman–Crippen MR) is 206 cm³/mol. The average Bonchev–Trinajstić information content (AvgIpc) is 3.48. The van der Waals surface area contributed by atoms with E-state index < -0.39 is 12.0 Å². The van der Waals surface area contributed by atoms with Gasteiger partial charge in [-0.1, -0.05) is 98.0 Å². The lowest BCUT2D eigenvalue weighted by Crippen LogP contribution is -2.40. The lowest BCUT2D eigenvalue weighted by atomic mass is 9.91. The molecule has 1 aromatic heterocycles. The first-order valence-electron chi connectivity index (χ1n) is 17.8. The van der Waals surface area contributed by atoms with E-state index in [9.17, 15) is 14.4 Å². The van der Waals surface area contributed by atoms with Crippen molar-refractivity contribution in [2.45, 2.75) is 53.2 Å². The highest BCUT2D eigenvalue weighted by atomic mass is 32.1. The summed E-state index contributed by atoms with van der Waals surface area (Å²) in [6.07, 6.45) is 1.80. The van der Waals surface area contributed by atoms with Gasteiger partial charge in [0.25, 0.3) is 5.56 Å². The van der Waals surface area contributed by atoms with Crippen LogP contribution >= 0.6 is 11.3 Å². The molecule has 272 valence electrons. The average molecular weight is 731 g/mol. The summed E-state index contributed by atoms with van der Waals surface area (Å²) in [4.78, 5) is 45.7. The molecule has 53 heavy (non-hydrogen) atoms. The van der Waals surface area contributed by atoms with Crippen LogP contribution in [0.5, 0.6) is 11.5 Å². The number of aromatic nitrogens is 1. The number of ether oxygens (including phenoxy) is 4. The summed E-state index contributed by atoms with van der Waals surface area (Å²) in [6, 6.07) is 29.4. The van der Waals surface area contributed by atoms with Gasteiger partial charge in [0.05, 0.1) is 47.2 Å². The Hall–Kier alpha value is -5.74. The number of nitrogens with zero attached hydrogens (tertiary/aromatic N) is 2. The van der Waals surface area contributed by atoms with E-state index in [0.717, 1.165) is 27.8 Å². The summed E-state index contributed by atoms with van der Waals surface area (Å²) in [5.74, 6) is 0.490. The fourth-order valence-electron chi connectivity index (χ4n) is 6.08. The Bertz CT molecular complexity index is 2310. The van der Waals surface area contributed by atoms with E-state index in [-0.39, 0.29) is 24.7 Å². The number of hydrogen-bond acceptors (Lipinski definition) is 9. The Morgan fingerprint density at radius 3 is 2.17 bits per heavy atom. The first-order chi connectivity index (χ1) is 25.7. The molecule has 9 nitrogen and oxygen atoms in total. The normalized spacial score (nSPS) is 14.1. The van der Waals surface area contributed by atoms with E-state index in [0.29, 0.717) is 56.8 Å². The van der Waals surface area contributed by atoms with Crippen LogP contribution in [-0.4, -0.2) is 36.3 Å². The fraction of sp³-hybridized carbons (Fsp3) is 0.256. The first-order valence-corrected chi connectivity index (χ1v) is 18.6. The van der Waals surface area contributed by atoms with Gasteiger partial charge in [-0.05, 0) is 79.3 Å². The van der Waals surface area contributed by atoms with Crippen LogP contribution in [0.15, 0.2) is 112 Å². The van der Waals surface area contributed by atoms with Crippen molar-refractivity contribution < 1.29 is 28.5 Å². The number of fused-ring (bicyclic) bond motifs is 1. The maximum Gasteiger partial charge on any atom is 0.338 e. The quantitative estimate of drug-likeness (QED) is 0.118. The Labute approximate surface area is 312 Å². The van der Waals surface area contributed by atoms with Crippen LogP contribution in [0, 0.1) is 0 Å². The molecule has 6 rings (SSSR count). The Balaban J connectivity index is 1.40. The molecule has 5 aromatic rings. The summed E-state index contributed by atoms with van der Waals surface area (Å²) in [5.41, 5.74) is 5.28. The molecule has 1 aliphatic heterocycles. The topological polar surface area (TPSA) is 105 Å². The number of thiazole rings is 1. The minimum Gasteiger partial charge on any atom is -0.490 e. The number of carbonyl (C=O) groups excluding carboxylic acids is 2. The number of benzene rings is 4. The maximum atomic E-state index is 14.4. The van der Waals surface area contributed by atoms with Crippen molar-refractivity contribution in [1.29, 1.82) is 0 Å². The zero-order valence-corrected chi connectivity index (χ0v) is 31.3. The summed E-state index contributed by atoms with van der Waals surface area (Å²) in [5, 5.41) is 0. The van der Waals surface area contributed by atoms with Gasteiger partial charge in [-0.2, -0.15) is 0 Å². The molecule has 0 bridgehead atoms. The third-order valence-electron chi connectivity index (χ3n) is 8.72. The second-order valence-electron chi connectivity index (χ2n) is 12.6. The molecule has 1 atom stereocenters. The lowest BCUT2D eigenvalue weighted by Gasteiger charge is -2.26. The molecule has 4 aromatic carbocycles. The van der Waals surface area contributed by atoms with Crippen molar-refractivity contribution in [1.82, 2.24) is 4.57 Å². The lowest BCUT2D eigenvalue weighted by molar-refractivity contribution is -0.138. The minimum atomic E-state index is -0.759. The molecule has 10 heteroatoms. The molecule has 0 radical (unpaired) electrons. The zero-order valence-electron chi connectivity index (χ0n) is 30.5. The largest absolute Gasteiger partial charge is 0.490 e. The second kappa shape index (κ2) is 16.7. The number of rotatable bonds is 13. The highest BCUT2D eigenvalue weighted by Crippen LogP contribution is 2.36. The van der Waals surface area contributed by atoms with Crippen molar-refractivity contribution in [2.24, 2.45) is 4.99 Å². The van der Waals surface area contributed by atoms with Gasteiger partial charge in [0.1, 0.15) is 6.61 Å². The van der Waals surface area contributed by atoms with E-state index in [2.05, 4.69) is 13.8 Å². The maximum absolute atomic E-state index is 14.4. The van der Waals surface area contributed by atoms with Crippen molar-refractivity contribution >= 4 is 35.0 Å². The molecule has 0 spiro atoms. The molecule has 2 heterocycles. The van der Waals surface area contributed by atoms with Crippen molar-refractivity contribution in [3.05, 3.63) is 156 Å². The van der Waals surface area contributed by atoms with Crippen LogP contribution in [0.3, 0.4) is 0 Å². The van der Waals surface area contributed by atoms with Crippen LogP contribution in [0.1, 0.15) is 84.8 Å². The van der Waals surface area contributed by atoms with Gasteiger partial charge in [-0.3, -0.25) is 9.36 Å². The van der Waals surface area contributed by atoms with Gasteiger partial charge in [0.2, 0.25) is 0 Å². The number of carbonyl (C=O) groups is 2. The monoisotopic (exact) mass is 730 g/mol. The number of esters is 2. The van der Waals surface area contributed by atoms with Gasteiger partial charge in [0.15, 0.2) is 16.3 Å². The minimum absolute atomic E-state index is 0.178. The van der Waals surface area contributed by atoms with Gasteiger partial charge < -0.3 is 18.9 Å². The molecular formula is C43H42N2O7S. The van der Waals surface area contributed by atoms with Gasteiger partial charge >= 0.3 is 11.9 Å². The molecular weight excluding hydrogens is 689 g/mol. The standard InChI is InChI=1S/C43H42N2O7S/c1-6-49-35-24-29(16-23-34(35)52-26-28-14-17-33(18-15-28)41(47)50-7-2)25-36-40(46)45-39(32-21-19-30(20-22-32)27(4)5)37(42(48)51-8-3)38(44-43(45)53-36)31-12-10-9-11-13-31/h9-25,27,39H,6-8,26H2,1-5H3/b36-25-/t39-/m1/s1. The van der Waals surface area contributed by atoms with Gasteiger partial charge in [-0.15, -0.1) is 0 Å². The highest BCUT2D eigenvalue weighted by molar-refractivity contribution is 7.07. The number of hydrogen-bond donors (Lipinski definition) is 0. The predicted octanol–water partition coefficient (Wildman–Crippen LogP) is 7.21. The Kier molecular flexibility index (Phi) is 11.7. The third-order valence-corrected chi connectivity index (χ3v) is 9.70. The summed E-state index contributed by atoms with van der Waals surface area (Å²) in [6.45, 7) is 10.8. The Morgan fingerprint density at radius 2 is 1.51 bits per heavy atom. The first kappa shape index (κ1) is 37.0. The molecule has 0 aliphatic carbocycles. The van der Waals surface area contributed by atoms with Crippen LogP contribution in [0.2, 0.25) is 0 Å². The third kappa shape index (κ3) is 8.18. The van der Waals surface area contributed by atoms with Gasteiger partial charge in [0, 0.05) is 5.56 Å². The van der Waals surface area contributed by atoms with Crippen LogP contribution in [0.25, 0.3) is 11.8 Å². The molecule has 0 amide bonds. The molecule has 0 unspecified atom stereocenters. The van der Waals surface area contributed by atoms with Crippen molar-refractivity contribution in [3.8, 4) is 11.5 Å². The van der Waals surface area contributed by atoms with E-state index in [1.165, 1.54) is 11.3 Å². The van der Waals surface area contributed by atoms with E-state index in [4.69, 9.17) is 23.9 Å². The summed E-state index contributed by atoms with van der Waals surface area (Å²) in [7, 11) is 0. The molecule has 0 N–H and O–H groups in total. The van der Waals surface area contributed by atoms with Crippen LogP contribution in [0.4, 0.5) is 0 Å². The molecule has 0 saturated carbocycles. The molecule has 1 aliphatic rings. The smallest absolute Gasteiger partial charge is 0.338 e. The van der Waals surface area contributed by atoms with Gasteiger partial charge in [-0.25, -0.2) is 14.6 Å². The van der Waals surface area contributed by atoms with E-state index in [1.54, 1.807) is 36.6 Å². The Morgan fingerprint density at radius 1 is 0.811 bits per heavy atom. The second-order valence-corrected chi connectivity index (χ2v) is 13.6.